The summed E-state index contributed by atoms with van der Waals surface area (Å²) in [6, 6.07) is 11.2. The molecule has 5 nitrogen and oxygen atoms in total. The second kappa shape index (κ2) is 9.37. The molecule has 1 aliphatic heterocycles. The van der Waals surface area contributed by atoms with E-state index in [1.54, 1.807) is 0 Å². The number of likely N-dealkylation sites (tertiary alicyclic amines) is 1. The quantitative estimate of drug-likeness (QED) is 0.665. The molecule has 0 aromatic heterocycles. The maximum Gasteiger partial charge on any atom is 0.255 e. The summed E-state index contributed by atoms with van der Waals surface area (Å²) in [5.41, 5.74) is 3.63. The van der Waals surface area contributed by atoms with Crippen LogP contribution in [0.25, 0.3) is 5.70 Å². The van der Waals surface area contributed by atoms with Crippen LogP contribution in [0.1, 0.15) is 40.7 Å². The monoisotopic (exact) mass is 395 g/mol. The number of carbonyl (C=O) groups excluding carboxylic acids is 2. The highest BCUT2D eigenvalue weighted by molar-refractivity contribution is 6.04. The van der Waals surface area contributed by atoms with Crippen LogP contribution in [0.3, 0.4) is 0 Å². The normalized spacial score (nSPS) is 13.4. The van der Waals surface area contributed by atoms with Gasteiger partial charge >= 0.3 is 0 Å². The molecule has 29 heavy (non-hydrogen) atoms. The molecule has 0 atom stereocenters. The van der Waals surface area contributed by atoms with Crippen molar-refractivity contribution in [2.24, 2.45) is 0 Å². The summed E-state index contributed by atoms with van der Waals surface area (Å²) in [6.07, 6.45) is 2.47. The number of rotatable bonds is 8. The molecule has 1 saturated heterocycles. The molecule has 6 heteroatoms. The third kappa shape index (κ3) is 5.44. The zero-order chi connectivity index (χ0) is 20.8. The van der Waals surface area contributed by atoms with E-state index in [4.69, 9.17) is 0 Å². The van der Waals surface area contributed by atoms with Crippen molar-refractivity contribution in [3.63, 3.8) is 0 Å². The van der Waals surface area contributed by atoms with Crippen molar-refractivity contribution in [3.8, 4) is 0 Å². The highest BCUT2D eigenvalue weighted by atomic mass is 19.1. The van der Waals surface area contributed by atoms with Crippen LogP contribution >= 0.6 is 0 Å². The number of hydrogen-bond donors (Lipinski definition) is 2. The molecule has 0 radical (unpaired) electrons. The second-order valence-electron chi connectivity index (χ2n) is 7.23. The maximum absolute atomic E-state index is 13.0. The van der Waals surface area contributed by atoms with Gasteiger partial charge in [0.2, 0.25) is 5.91 Å². The number of halogens is 1. The summed E-state index contributed by atoms with van der Waals surface area (Å²) in [5, 5.41) is 6.16. The summed E-state index contributed by atoms with van der Waals surface area (Å²) in [6.45, 7) is 8.32. The van der Waals surface area contributed by atoms with E-state index in [2.05, 4.69) is 17.2 Å². The molecular weight excluding hydrogens is 369 g/mol. The third-order valence-electron chi connectivity index (χ3n) is 5.06. The van der Waals surface area contributed by atoms with Crippen molar-refractivity contribution in [1.29, 1.82) is 0 Å². The van der Waals surface area contributed by atoms with Crippen LogP contribution in [0.15, 0.2) is 49.0 Å². The lowest BCUT2D eigenvalue weighted by atomic mass is 10.1. The van der Waals surface area contributed by atoms with Gasteiger partial charge in [0.15, 0.2) is 0 Å². The van der Waals surface area contributed by atoms with Gasteiger partial charge in [-0.15, -0.1) is 0 Å². The minimum Gasteiger partial charge on any atom is -0.385 e. The number of nitrogens with zero attached hydrogens (tertiary/aromatic N) is 1. The first kappa shape index (κ1) is 20.6. The predicted molar refractivity (Wildman–Crippen MR) is 113 cm³/mol. The number of hydrogen-bond acceptors (Lipinski definition) is 3. The number of carbonyl (C=O) groups is 2. The average molecular weight is 395 g/mol. The van der Waals surface area contributed by atoms with Crippen LogP contribution in [0, 0.1) is 12.7 Å². The lowest BCUT2D eigenvalue weighted by Gasteiger charge is -2.17. The van der Waals surface area contributed by atoms with Gasteiger partial charge in [0.05, 0.1) is 0 Å². The third-order valence-corrected chi connectivity index (χ3v) is 5.06. The molecule has 2 N–H and O–H groups in total. The maximum atomic E-state index is 13.0. The van der Waals surface area contributed by atoms with E-state index >= 15 is 0 Å². The molecule has 0 bridgehead atoms. The highest BCUT2D eigenvalue weighted by Crippen LogP contribution is 2.21. The minimum absolute atomic E-state index is 0.240. The summed E-state index contributed by atoms with van der Waals surface area (Å²) < 4.78 is 13.0. The Morgan fingerprint density at radius 3 is 2.59 bits per heavy atom. The van der Waals surface area contributed by atoms with Crippen molar-refractivity contribution in [2.75, 3.05) is 25.0 Å². The summed E-state index contributed by atoms with van der Waals surface area (Å²) >= 11 is 0. The van der Waals surface area contributed by atoms with Crippen LogP contribution in [0.4, 0.5) is 10.1 Å². The molecule has 0 spiro atoms. The Morgan fingerprint density at radius 1 is 1.17 bits per heavy atom. The molecule has 0 unspecified atom stereocenters. The first-order chi connectivity index (χ1) is 13.9. The van der Waals surface area contributed by atoms with Crippen molar-refractivity contribution >= 4 is 23.2 Å². The van der Waals surface area contributed by atoms with Crippen molar-refractivity contribution in [3.05, 3.63) is 71.6 Å². The van der Waals surface area contributed by atoms with E-state index in [1.165, 1.54) is 24.3 Å². The largest absolute Gasteiger partial charge is 0.385 e. The summed E-state index contributed by atoms with van der Waals surface area (Å²) in [7, 11) is 0. The summed E-state index contributed by atoms with van der Waals surface area (Å²) in [4.78, 5) is 26.0. The van der Waals surface area contributed by atoms with E-state index < -0.39 is 0 Å². The van der Waals surface area contributed by atoms with Crippen LogP contribution in [-0.2, 0) is 4.79 Å². The number of amides is 2. The fourth-order valence-corrected chi connectivity index (χ4v) is 3.29. The number of nitrogens with one attached hydrogen (secondary N) is 2. The van der Waals surface area contributed by atoms with E-state index in [0.717, 1.165) is 42.8 Å². The molecule has 0 aliphatic carbocycles. The number of benzene rings is 2. The fourth-order valence-electron chi connectivity index (χ4n) is 3.29. The fraction of sp³-hybridized carbons (Fsp3) is 0.304. The minimum atomic E-state index is -0.379. The van der Waals surface area contributed by atoms with Crippen LogP contribution in [0.5, 0.6) is 0 Å². The lowest BCUT2D eigenvalue weighted by molar-refractivity contribution is -0.127. The van der Waals surface area contributed by atoms with E-state index in [9.17, 15) is 14.0 Å². The lowest BCUT2D eigenvalue weighted by Crippen LogP contribution is -2.28. The Morgan fingerprint density at radius 2 is 1.90 bits per heavy atom. The average Bonchev–Trinajstić information content (AvgIpc) is 3.12. The molecule has 0 saturated carbocycles. The van der Waals surface area contributed by atoms with Gasteiger partial charge in [-0.3, -0.25) is 9.59 Å². The molecule has 2 aromatic rings. The van der Waals surface area contributed by atoms with Gasteiger partial charge in [-0.25, -0.2) is 4.39 Å². The zero-order valence-corrected chi connectivity index (χ0v) is 16.6. The molecule has 152 valence electrons. The smallest absolute Gasteiger partial charge is 0.255 e. The van der Waals surface area contributed by atoms with E-state index in [1.807, 2.05) is 30.0 Å². The van der Waals surface area contributed by atoms with Crippen molar-refractivity contribution in [1.82, 2.24) is 10.2 Å². The van der Waals surface area contributed by atoms with Gasteiger partial charge < -0.3 is 15.5 Å². The predicted octanol–water partition coefficient (Wildman–Crippen LogP) is 3.96. The van der Waals surface area contributed by atoms with Crippen molar-refractivity contribution < 1.29 is 14.0 Å². The Hall–Kier alpha value is -3.15. The Labute approximate surface area is 170 Å². The van der Waals surface area contributed by atoms with Crippen LogP contribution in [-0.4, -0.2) is 36.3 Å². The van der Waals surface area contributed by atoms with Gasteiger partial charge in [-0.05, 0) is 61.2 Å². The highest BCUT2D eigenvalue weighted by Gasteiger charge is 2.19. The molecule has 2 amide bonds. The Bertz CT molecular complexity index is 909. The van der Waals surface area contributed by atoms with E-state index in [0.29, 0.717) is 24.2 Å². The molecule has 1 heterocycles. The van der Waals surface area contributed by atoms with Gasteiger partial charge in [-0.2, -0.15) is 0 Å². The van der Waals surface area contributed by atoms with Crippen LogP contribution in [0.2, 0.25) is 0 Å². The molecule has 3 rings (SSSR count). The van der Waals surface area contributed by atoms with Gasteiger partial charge in [0.25, 0.3) is 5.91 Å². The first-order valence-corrected chi connectivity index (χ1v) is 9.82. The first-order valence-electron chi connectivity index (χ1n) is 9.82. The molecule has 1 fully saturated rings. The number of aryl methyl sites for hydroxylation is 1. The molecule has 1 aliphatic rings. The second-order valence-corrected chi connectivity index (χ2v) is 7.23. The topological polar surface area (TPSA) is 61.4 Å². The molecule has 2 aromatic carbocycles. The van der Waals surface area contributed by atoms with Gasteiger partial charge in [0.1, 0.15) is 5.82 Å². The number of anilines is 1. The molecular formula is C23H26FN3O2. The SMILES string of the molecule is C=C(NCCCN1CCCC1=O)c1ccc(C)c(NC(=O)c2ccc(F)cc2)c1. The summed E-state index contributed by atoms with van der Waals surface area (Å²) in [5.74, 6) is -0.431. The van der Waals surface area contributed by atoms with Gasteiger partial charge in [0, 0.05) is 43.0 Å². The zero-order valence-electron chi connectivity index (χ0n) is 16.6. The van der Waals surface area contributed by atoms with Crippen LogP contribution < -0.4 is 10.6 Å². The van der Waals surface area contributed by atoms with Gasteiger partial charge in [-0.1, -0.05) is 18.7 Å². The standard InChI is InChI=1S/C23H26FN3O2/c1-16-6-7-19(17(2)25-12-4-14-27-13-3-5-22(27)28)15-21(16)26-23(29)18-8-10-20(24)11-9-18/h6-11,15,25H,2-5,12-14H2,1H3,(H,26,29). The Balaban J connectivity index is 1.56. The van der Waals surface area contributed by atoms with E-state index in [-0.39, 0.29) is 17.6 Å². The Kier molecular flexibility index (Phi) is 6.65. The van der Waals surface area contributed by atoms with Crippen molar-refractivity contribution in [2.45, 2.75) is 26.2 Å².